The van der Waals surface area contributed by atoms with E-state index in [-0.39, 0.29) is 11.6 Å². The van der Waals surface area contributed by atoms with Gasteiger partial charge in [0.2, 0.25) is 0 Å². The van der Waals surface area contributed by atoms with Gasteiger partial charge in [0.15, 0.2) is 0 Å². The van der Waals surface area contributed by atoms with E-state index in [4.69, 9.17) is 4.74 Å². The molecule has 88 valence electrons. The Labute approximate surface area is 93.4 Å². The second-order valence-corrected chi connectivity index (χ2v) is 4.94. The third-order valence-corrected chi connectivity index (χ3v) is 3.26. The third-order valence-electron chi connectivity index (χ3n) is 3.26. The zero-order valence-electron chi connectivity index (χ0n) is 10.2. The molecule has 0 radical (unpaired) electrons. The van der Waals surface area contributed by atoms with E-state index < -0.39 is 0 Å². The van der Waals surface area contributed by atoms with E-state index in [9.17, 15) is 4.79 Å². The van der Waals surface area contributed by atoms with Crippen LogP contribution in [0.4, 0.5) is 0 Å². The van der Waals surface area contributed by atoms with Crippen molar-refractivity contribution >= 4 is 5.97 Å². The van der Waals surface area contributed by atoms with Gasteiger partial charge in [-0.15, -0.1) is 0 Å². The van der Waals surface area contributed by atoms with Gasteiger partial charge in [0.05, 0.1) is 0 Å². The van der Waals surface area contributed by atoms with Crippen molar-refractivity contribution < 1.29 is 9.53 Å². The first-order valence-corrected chi connectivity index (χ1v) is 6.38. The van der Waals surface area contributed by atoms with Gasteiger partial charge >= 0.3 is 5.97 Å². The lowest BCUT2D eigenvalue weighted by Crippen LogP contribution is -2.35. The summed E-state index contributed by atoms with van der Waals surface area (Å²) in [5.41, 5.74) is -0.151. The zero-order chi connectivity index (χ0) is 11.1. The second-order valence-electron chi connectivity index (χ2n) is 4.94. The molecular weight excluding hydrogens is 188 g/mol. The topological polar surface area (TPSA) is 26.3 Å². The van der Waals surface area contributed by atoms with E-state index in [2.05, 4.69) is 13.8 Å². The van der Waals surface area contributed by atoms with Crippen LogP contribution in [0.3, 0.4) is 0 Å². The van der Waals surface area contributed by atoms with E-state index in [1.165, 1.54) is 32.1 Å². The SMILES string of the molecule is CCCCCCCC1(C)CCCC(=O)O1. The smallest absolute Gasteiger partial charge is 0.306 e. The molecule has 15 heavy (non-hydrogen) atoms. The van der Waals surface area contributed by atoms with Crippen LogP contribution in [-0.2, 0) is 9.53 Å². The van der Waals surface area contributed by atoms with Crippen LogP contribution in [0.1, 0.15) is 71.6 Å². The molecule has 0 bridgehead atoms. The maximum atomic E-state index is 11.2. The van der Waals surface area contributed by atoms with Crippen LogP contribution in [0.25, 0.3) is 0 Å². The standard InChI is InChI=1S/C13H24O2/c1-3-4-5-6-7-10-13(2)11-8-9-12(14)15-13/h3-11H2,1-2H3. The lowest BCUT2D eigenvalue weighted by Gasteiger charge is -2.33. The molecule has 0 aromatic heterocycles. The third kappa shape index (κ3) is 4.67. The highest BCUT2D eigenvalue weighted by Crippen LogP contribution is 2.30. The van der Waals surface area contributed by atoms with E-state index >= 15 is 0 Å². The molecule has 0 spiro atoms. The fraction of sp³-hybridized carbons (Fsp3) is 0.923. The number of carbonyl (C=O) groups excluding carboxylic acids is 1. The molecule has 1 atom stereocenters. The van der Waals surface area contributed by atoms with Crippen molar-refractivity contribution in [3.63, 3.8) is 0 Å². The maximum absolute atomic E-state index is 11.2. The minimum Gasteiger partial charge on any atom is -0.459 e. The van der Waals surface area contributed by atoms with E-state index in [1.54, 1.807) is 0 Å². The van der Waals surface area contributed by atoms with Gasteiger partial charge in [0, 0.05) is 6.42 Å². The Balaban J connectivity index is 2.15. The normalized spacial score (nSPS) is 26.4. The van der Waals surface area contributed by atoms with Crippen molar-refractivity contribution in [1.29, 1.82) is 0 Å². The molecule has 1 rings (SSSR count). The molecular formula is C13H24O2. The molecule has 1 heterocycles. The van der Waals surface area contributed by atoms with Gasteiger partial charge in [-0.25, -0.2) is 0 Å². The molecule has 2 heteroatoms. The Morgan fingerprint density at radius 1 is 1.27 bits per heavy atom. The summed E-state index contributed by atoms with van der Waals surface area (Å²) >= 11 is 0. The monoisotopic (exact) mass is 212 g/mol. The fourth-order valence-electron chi connectivity index (χ4n) is 2.26. The Kier molecular flexibility index (Phi) is 5.13. The van der Waals surface area contributed by atoms with Gasteiger partial charge in [-0.2, -0.15) is 0 Å². The molecule has 0 aromatic rings. The van der Waals surface area contributed by atoms with Crippen molar-refractivity contribution in [2.45, 2.75) is 77.2 Å². The summed E-state index contributed by atoms with van der Waals surface area (Å²) in [5, 5.41) is 0. The summed E-state index contributed by atoms with van der Waals surface area (Å²) in [7, 11) is 0. The number of hydrogen-bond donors (Lipinski definition) is 0. The summed E-state index contributed by atoms with van der Waals surface area (Å²) in [5.74, 6) is -0.00249. The van der Waals surface area contributed by atoms with Crippen LogP contribution >= 0.6 is 0 Å². The molecule has 0 amide bonds. The average molecular weight is 212 g/mol. The lowest BCUT2D eigenvalue weighted by molar-refractivity contribution is -0.165. The number of esters is 1. The molecule has 2 nitrogen and oxygen atoms in total. The first-order valence-electron chi connectivity index (χ1n) is 6.38. The van der Waals surface area contributed by atoms with Crippen molar-refractivity contribution in [2.75, 3.05) is 0 Å². The predicted octanol–water partition coefficient (Wildman–Crippen LogP) is 3.83. The first-order chi connectivity index (χ1) is 7.16. The quantitative estimate of drug-likeness (QED) is 0.494. The minimum absolute atomic E-state index is 0.00249. The Hall–Kier alpha value is -0.530. The highest BCUT2D eigenvalue weighted by Gasteiger charge is 2.31. The molecule has 0 saturated carbocycles. The van der Waals surface area contributed by atoms with Crippen LogP contribution < -0.4 is 0 Å². The molecule has 1 unspecified atom stereocenters. The highest BCUT2D eigenvalue weighted by atomic mass is 16.6. The van der Waals surface area contributed by atoms with Crippen molar-refractivity contribution in [1.82, 2.24) is 0 Å². The summed E-state index contributed by atoms with van der Waals surface area (Å²) in [6, 6.07) is 0. The van der Waals surface area contributed by atoms with Gasteiger partial charge in [0.1, 0.15) is 5.60 Å². The van der Waals surface area contributed by atoms with E-state index in [1.807, 2.05) is 0 Å². The van der Waals surface area contributed by atoms with E-state index in [0.29, 0.717) is 6.42 Å². The molecule has 0 N–H and O–H groups in total. The molecule has 0 aromatic carbocycles. The summed E-state index contributed by atoms with van der Waals surface area (Å²) in [6.45, 7) is 4.31. The van der Waals surface area contributed by atoms with Gasteiger partial charge in [-0.05, 0) is 32.6 Å². The number of rotatable bonds is 6. The minimum atomic E-state index is -0.151. The van der Waals surface area contributed by atoms with Crippen molar-refractivity contribution in [2.24, 2.45) is 0 Å². The summed E-state index contributed by atoms with van der Waals surface area (Å²) in [6.07, 6.45) is 10.1. The molecule has 1 fully saturated rings. The molecule has 0 aliphatic carbocycles. The van der Waals surface area contributed by atoms with E-state index in [0.717, 1.165) is 19.3 Å². The summed E-state index contributed by atoms with van der Waals surface area (Å²) in [4.78, 5) is 11.2. The van der Waals surface area contributed by atoms with Crippen LogP contribution in [-0.4, -0.2) is 11.6 Å². The van der Waals surface area contributed by atoms with Gasteiger partial charge in [-0.1, -0.05) is 32.6 Å². The molecule has 1 saturated heterocycles. The van der Waals surface area contributed by atoms with Gasteiger partial charge < -0.3 is 4.74 Å². The maximum Gasteiger partial charge on any atom is 0.306 e. The van der Waals surface area contributed by atoms with Crippen LogP contribution in [0, 0.1) is 0 Å². The number of carbonyl (C=O) groups is 1. The van der Waals surface area contributed by atoms with Crippen LogP contribution in [0.15, 0.2) is 0 Å². The Morgan fingerprint density at radius 2 is 2.00 bits per heavy atom. The highest BCUT2D eigenvalue weighted by molar-refractivity contribution is 5.70. The van der Waals surface area contributed by atoms with Crippen LogP contribution in [0.2, 0.25) is 0 Å². The summed E-state index contributed by atoms with van der Waals surface area (Å²) < 4.78 is 5.44. The number of ether oxygens (including phenoxy) is 1. The van der Waals surface area contributed by atoms with Crippen LogP contribution in [0.5, 0.6) is 0 Å². The number of cyclic esters (lactones) is 1. The molecule has 1 aliphatic heterocycles. The van der Waals surface area contributed by atoms with Crippen molar-refractivity contribution in [3.8, 4) is 0 Å². The number of unbranched alkanes of at least 4 members (excludes halogenated alkanes) is 4. The lowest BCUT2D eigenvalue weighted by atomic mass is 9.90. The first kappa shape index (κ1) is 12.5. The van der Waals surface area contributed by atoms with Gasteiger partial charge in [-0.3, -0.25) is 4.79 Å². The zero-order valence-corrected chi connectivity index (χ0v) is 10.2. The number of hydrogen-bond acceptors (Lipinski definition) is 2. The average Bonchev–Trinajstić information content (AvgIpc) is 2.17. The second kappa shape index (κ2) is 6.14. The largest absolute Gasteiger partial charge is 0.459 e. The van der Waals surface area contributed by atoms with Crippen molar-refractivity contribution in [3.05, 3.63) is 0 Å². The fourth-order valence-corrected chi connectivity index (χ4v) is 2.26. The Bertz CT molecular complexity index is 201. The Morgan fingerprint density at radius 3 is 2.67 bits per heavy atom. The van der Waals surface area contributed by atoms with Gasteiger partial charge in [0.25, 0.3) is 0 Å². The molecule has 1 aliphatic rings. The predicted molar refractivity (Wildman–Crippen MR) is 61.7 cm³/mol.